The molecule has 1 unspecified atom stereocenters. The third-order valence-electron chi connectivity index (χ3n) is 5.30. The second kappa shape index (κ2) is 9.33. The van der Waals surface area contributed by atoms with Crippen LogP contribution < -0.4 is 0 Å². The van der Waals surface area contributed by atoms with Gasteiger partial charge in [0.25, 0.3) is 0 Å². The lowest BCUT2D eigenvalue weighted by molar-refractivity contribution is 0.460. The molecule has 0 saturated heterocycles. The third kappa shape index (κ3) is 4.92. The molecule has 0 aliphatic heterocycles. The number of aromatic nitrogens is 4. The molecule has 0 spiro atoms. The summed E-state index contributed by atoms with van der Waals surface area (Å²) in [6.07, 6.45) is 7.76. The van der Waals surface area contributed by atoms with Gasteiger partial charge in [0.15, 0.2) is 5.69 Å². The molecule has 3 heterocycles. The number of hydrogen-bond acceptors (Lipinski definition) is 6. The van der Waals surface area contributed by atoms with Crippen LogP contribution in [0.5, 0.6) is 0 Å². The van der Waals surface area contributed by atoms with Gasteiger partial charge < -0.3 is 8.83 Å². The van der Waals surface area contributed by atoms with Crippen molar-refractivity contribution in [2.24, 2.45) is 5.92 Å². The van der Waals surface area contributed by atoms with Crippen LogP contribution >= 0.6 is 0 Å². The lowest BCUT2D eigenvalue weighted by atomic mass is 9.92. The van der Waals surface area contributed by atoms with E-state index in [1.807, 2.05) is 6.07 Å². The van der Waals surface area contributed by atoms with Crippen molar-refractivity contribution in [3.8, 4) is 23.2 Å². The highest BCUT2D eigenvalue weighted by atomic mass is 16.3. The van der Waals surface area contributed by atoms with Gasteiger partial charge in [-0.25, -0.2) is 9.97 Å². The van der Waals surface area contributed by atoms with E-state index in [-0.39, 0.29) is 0 Å². The second-order valence-corrected chi connectivity index (χ2v) is 8.33. The molecule has 0 aliphatic carbocycles. The van der Waals surface area contributed by atoms with Crippen molar-refractivity contribution >= 4 is 0 Å². The minimum Gasteiger partial charge on any atom is -0.443 e. The number of oxazole rings is 2. The minimum absolute atomic E-state index is 0.299. The summed E-state index contributed by atoms with van der Waals surface area (Å²) in [5.74, 6) is 2.21. The molecule has 0 fully saturated rings. The van der Waals surface area contributed by atoms with Crippen LogP contribution in [0.4, 0.5) is 0 Å². The Morgan fingerprint density at radius 1 is 0.862 bits per heavy atom. The highest BCUT2D eigenvalue weighted by molar-refractivity contribution is 5.58. The SMILES string of the molecule is CCCC(CC)Cc1cc(-c2nc(C(C)C)co2)nnc1-c1nc(C(C)C)co1. The van der Waals surface area contributed by atoms with Gasteiger partial charge in [0, 0.05) is 0 Å². The van der Waals surface area contributed by atoms with Crippen LogP contribution in [0.1, 0.15) is 89.6 Å². The molecule has 3 aromatic heterocycles. The summed E-state index contributed by atoms with van der Waals surface area (Å²) in [4.78, 5) is 9.22. The van der Waals surface area contributed by atoms with Crippen LogP contribution in [-0.2, 0) is 6.42 Å². The second-order valence-electron chi connectivity index (χ2n) is 8.33. The summed E-state index contributed by atoms with van der Waals surface area (Å²) in [6, 6.07) is 2.04. The lowest BCUT2D eigenvalue weighted by Crippen LogP contribution is -2.07. The molecule has 3 aromatic rings. The molecule has 6 nitrogen and oxygen atoms in total. The van der Waals surface area contributed by atoms with Crippen LogP contribution in [-0.4, -0.2) is 20.2 Å². The van der Waals surface area contributed by atoms with E-state index in [9.17, 15) is 0 Å². The molecule has 29 heavy (non-hydrogen) atoms. The van der Waals surface area contributed by atoms with Gasteiger partial charge in [-0.05, 0) is 35.8 Å². The van der Waals surface area contributed by atoms with Gasteiger partial charge in [-0.2, -0.15) is 0 Å². The molecule has 0 N–H and O–H groups in total. The van der Waals surface area contributed by atoms with Gasteiger partial charge in [0.05, 0.1) is 11.4 Å². The van der Waals surface area contributed by atoms with Crippen molar-refractivity contribution in [2.75, 3.05) is 0 Å². The maximum atomic E-state index is 5.76. The maximum Gasteiger partial charge on any atom is 0.247 e. The Kier molecular flexibility index (Phi) is 6.83. The predicted octanol–water partition coefficient (Wildman–Crippen LogP) is 6.40. The Bertz CT molecular complexity index is 927. The first-order chi connectivity index (χ1) is 13.9. The summed E-state index contributed by atoms with van der Waals surface area (Å²) in [5.41, 5.74) is 4.28. The van der Waals surface area contributed by atoms with E-state index in [0.717, 1.165) is 36.2 Å². The third-order valence-corrected chi connectivity index (χ3v) is 5.30. The Balaban J connectivity index is 2.01. The van der Waals surface area contributed by atoms with Gasteiger partial charge >= 0.3 is 0 Å². The van der Waals surface area contributed by atoms with Gasteiger partial charge in [0.2, 0.25) is 11.8 Å². The Morgan fingerprint density at radius 2 is 1.48 bits per heavy atom. The fraction of sp³-hybridized carbons (Fsp3) is 0.565. The van der Waals surface area contributed by atoms with Gasteiger partial charge in [-0.1, -0.05) is 60.8 Å². The summed E-state index contributed by atoms with van der Waals surface area (Å²) in [7, 11) is 0. The zero-order chi connectivity index (χ0) is 21.0. The van der Waals surface area contributed by atoms with Gasteiger partial charge in [-0.15, -0.1) is 10.2 Å². The van der Waals surface area contributed by atoms with E-state index >= 15 is 0 Å². The first-order valence-electron chi connectivity index (χ1n) is 10.7. The van der Waals surface area contributed by atoms with E-state index < -0.39 is 0 Å². The van der Waals surface area contributed by atoms with E-state index in [1.165, 1.54) is 6.42 Å². The Labute approximate surface area is 173 Å². The molecule has 6 heteroatoms. The quantitative estimate of drug-likeness (QED) is 0.416. The average molecular weight is 397 g/mol. The van der Waals surface area contributed by atoms with Crippen molar-refractivity contribution in [1.29, 1.82) is 0 Å². The number of rotatable bonds is 9. The molecule has 0 amide bonds. The molecule has 3 rings (SSSR count). The zero-order valence-electron chi connectivity index (χ0n) is 18.4. The molecule has 0 aliphatic rings. The topological polar surface area (TPSA) is 77.8 Å². The van der Waals surface area contributed by atoms with Crippen molar-refractivity contribution in [3.63, 3.8) is 0 Å². The highest BCUT2D eigenvalue weighted by Gasteiger charge is 2.21. The van der Waals surface area contributed by atoms with E-state index in [1.54, 1.807) is 12.5 Å². The first-order valence-corrected chi connectivity index (χ1v) is 10.7. The summed E-state index contributed by atoms with van der Waals surface area (Å²) < 4.78 is 11.4. The summed E-state index contributed by atoms with van der Waals surface area (Å²) >= 11 is 0. The Hall–Kier alpha value is -2.50. The summed E-state index contributed by atoms with van der Waals surface area (Å²) in [5, 5.41) is 8.88. The molecular weight excluding hydrogens is 364 g/mol. The minimum atomic E-state index is 0.299. The lowest BCUT2D eigenvalue weighted by Gasteiger charge is -2.15. The van der Waals surface area contributed by atoms with Crippen molar-refractivity contribution in [2.45, 2.75) is 79.1 Å². The van der Waals surface area contributed by atoms with Crippen LogP contribution in [0.15, 0.2) is 27.4 Å². The Morgan fingerprint density at radius 3 is 2.03 bits per heavy atom. The van der Waals surface area contributed by atoms with Crippen LogP contribution in [0, 0.1) is 5.92 Å². The standard InChI is InChI=1S/C23H32N4O2/c1-7-9-16(8-2)10-17-11-18(22-24-19(12-28-22)14(3)4)26-27-21(17)23-25-20(13-29-23)15(5)6/h11-16H,7-10H2,1-6H3. The fourth-order valence-corrected chi connectivity index (χ4v) is 3.37. The normalized spacial score (nSPS) is 12.8. The van der Waals surface area contributed by atoms with Crippen LogP contribution in [0.2, 0.25) is 0 Å². The molecule has 156 valence electrons. The monoisotopic (exact) mass is 396 g/mol. The fourth-order valence-electron chi connectivity index (χ4n) is 3.37. The van der Waals surface area contributed by atoms with Crippen LogP contribution in [0.25, 0.3) is 23.2 Å². The van der Waals surface area contributed by atoms with E-state index in [2.05, 4.69) is 61.7 Å². The smallest absolute Gasteiger partial charge is 0.247 e. The predicted molar refractivity (Wildman–Crippen MR) is 114 cm³/mol. The first kappa shape index (κ1) is 21.2. The molecule has 1 atom stereocenters. The molecular formula is C23H32N4O2. The molecule has 0 saturated carbocycles. The van der Waals surface area contributed by atoms with Crippen molar-refractivity contribution in [3.05, 3.63) is 35.5 Å². The van der Waals surface area contributed by atoms with Gasteiger partial charge in [0.1, 0.15) is 18.2 Å². The molecule has 0 aromatic carbocycles. The molecule has 0 radical (unpaired) electrons. The number of nitrogens with zero attached hydrogens (tertiary/aromatic N) is 4. The zero-order valence-corrected chi connectivity index (χ0v) is 18.4. The largest absolute Gasteiger partial charge is 0.443 e. The van der Waals surface area contributed by atoms with E-state index in [0.29, 0.717) is 40.9 Å². The summed E-state index contributed by atoms with van der Waals surface area (Å²) in [6.45, 7) is 12.8. The maximum absolute atomic E-state index is 5.76. The highest BCUT2D eigenvalue weighted by Crippen LogP contribution is 2.30. The molecule has 0 bridgehead atoms. The average Bonchev–Trinajstić information content (AvgIpc) is 3.37. The van der Waals surface area contributed by atoms with Crippen LogP contribution in [0.3, 0.4) is 0 Å². The van der Waals surface area contributed by atoms with Gasteiger partial charge in [-0.3, -0.25) is 0 Å². The van der Waals surface area contributed by atoms with Crippen molar-refractivity contribution in [1.82, 2.24) is 20.2 Å². The van der Waals surface area contributed by atoms with Crippen molar-refractivity contribution < 1.29 is 8.83 Å². The number of hydrogen-bond donors (Lipinski definition) is 0. The van der Waals surface area contributed by atoms with E-state index in [4.69, 9.17) is 8.83 Å².